The van der Waals surface area contributed by atoms with Gasteiger partial charge in [0.1, 0.15) is 5.60 Å². The molecule has 0 aromatic heterocycles. The van der Waals surface area contributed by atoms with Crippen LogP contribution in [0.3, 0.4) is 0 Å². The third-order valence-corrected chi connectivity index (χ3v) is 2.50. The molecule has 0 bridgehead atoms. The fraction of sp³-hybridized carbons (Fsp3) is 0.455. The number of benzene rings is 1. The Morgan fingerprint density at radius 3 is 2.23 bits per heavy atom. The lowest BCUT2D eigenvalue weighted by molar-refractivity contribution is 0.0101. The van der Waals surface area contributed by atoms with Gasteiger partial charge in [-0.25, -0.2) is 0 Å². The van der Waals surface area contributed by atoms with Crippen LogP contribution in [0.2, 0.25) is 0 Å². The van der Waals surface area contributed by atoms with Crippen molar-refractivity contribution in [2.24, 2.45) is 5.73 Å². The first-order valence-electron chi connectivity index (χ1n) is 4.45. The monoisotopic (exact) mass is 179 g/mol. The largest absolute Gasteiger partial charge is 0.372 e. The molecule has 0 spiro atoms. The normalized spacial score (nSPS) is 15.4. The standard InChI is InChI=1S/C11H17NO/c1-9-4-6-10(7-5-9)11(2,8-12)13-3/h4-7H,8,12H2,1-3H3. The van der Waals surface area contributed by atoms with Crippen LogP contribution in [-0.4, -0.2) is 13.7 Å². The lowest BCUT2D eigenvalue weighted by Gasteiger charge is -2.26. The molecular formula is C11H17NO. The van der Waals surface area contributed by atoms with Gasteiger partial charge in [-0.2, -0.15) is 0 Å². The third kappa shape index (κ3) is 2.08. The molecule has 72 valence electrons. The van der Waals surface area contributed by atoms with Gasteiger partial charge in [0, 0.05) is 13.7 Å². The Balaban J connectivity index is 2.99. The van der Waals surface area contributed by atoms with E-state index in [2.05, 4.69) is 31.2 Å². The van der Waals surface area contributed by atoms with Crippen LogP contribution in [0.5, 0.6) is 0 Å². The summed E-state index contributed by atoms with van der Waals surface area (Å²) in [7, 11) is 1.69. The summed E-state index contributed by atoms with van der Waals surface area (Å²) in [5.41, 5.74) is 7.69. The van der Waals surface area contributed by atoms with Gasteiger partial charge >= 0.3 is 0 Å². The molecule has 0 saturated heterocycles. The number of hydrogen-bond acceptors (Lipinski definition) is 2. The Hall–Kier alpha value is -0.860. The summed E-state index contributed by atoms with van der Waals surface area (Å²) < 4.78 is 5.39. The topological polar surface area (TPSA) is 35.2 Å². The van der Waals surface area contributed by atoms with Crippen LogP contribution >= 0.6 is 0 Å². The molecule has 1 aromatic carbocycles. The number of rotatable bonds is 3. The molecule has 1 aromatic rings. The molecule has 0 saturated carbocycles. The fourth-order valence-electron chi connectivity index (χ4n) is 1.23. The van der Waals surface area contributed by atoms with E-state index >= 15 is 0 Å². The number of aryl methyl sites for hydroxylation is 1. The van der Waals surface area contributed by atoms with Crippen LogP contribution in [0, 0.1) is 6.92 Å². The van der Waals surface area contributed by atoms with Crippen molar-refractivity contribution in [2.45, 2.75) is 19.4 Å². The van der Waals surface area contributed by atoms with Crippen molar-refractivity contribution in [3.63, 3.8) is 0 Å². The van der Waals surface area contributed by atoms with E-state index in [0.717, 1.165) is 5.56 Å². The highest BCUT2D eigenvalue weighted by atomic mass is 16.5. The predicted octanol–water partition coefficient (Wildman–Crippen LogP) is 1.82. The lowest BCUT2D eigenvalue weighted by atomic mass is 9.95. The predicted molar refractivity (Wildman–Crippen MR) is 54.6 cm³/mol. The third-order valence-electron chi connectivity index (χ3n) is 2.50. The number of nitrogens with two attached hydrogens (primary N) is 1. The minimum absolute atomic E-state index is 0.353. The molecule has 2 nitrogen and oxygen atoms in total. The molecule has 0 aliphatic heterocycles. The van der Waals surface area contributed by atoms with E-state index in [4.69, 9.17) is 10.5 Å². The molecule has 2 N–H and O–H groups in total. The average Bonchev–Trinajstić information content (AvgIpc) is 2.18. The summed E-state index contributed by atoms with van der Waals surface area (Å²) in [6, 6.07) is 8.27. The summed E-state index contributed by atoms with van der Waals surface area (Å²) in [6.45, 7) is 4.56. The van der Waals surface area contributed by atoms with Crippen molar-refractivity contribution < 1.29 is 4.74 Å². The van der Waals surface area contributed by atoms with Crippen LogP contribution in [-0.2, 0) is 10.3 Å². The van der Waals surface area contributed by atoms with Crippen LogP contribution in [0.4, 0.5) is 0 Å². The van der Waals surface area contributed by atoms with E-state index in [9.17, 15) is 0 Å². The van der Waals surface area contributed by atoms with Crippen LogP contribution < -0.4 is 5.73 Å². The highest BCUT2D eigenvalue weighted by Gasteiger charge is 2.23. The minimum Gasteiger partial charge on any atom is -0.372 e. The SMILES string of the molecule is COC(C)(CN)c1ccc(C)cc1. The number of methoxy groups -OCH3 is 1. The molecule has 13 heavy (non-hydrogen) atoms. The van der Waals surface area contributed by atoms with E-state index in [0.29, 0.717) is 6.54 Å². The van der Waals surface area contributed by atoms with Crippen molar-refractivity contribution in [1.82, 2.24) is 0 Å². The summed E-state index contributed by atoms with van der Waals surface area (Å²) in [5, 5.41) is 0. The second-order valence-electron chi connectivity index (χ2n) is 3.51. The maximum atomic E-state index is 5.66. The Labute approximate surface area is 79.7 Å². The second-order valence-corrected chi connectivity index (χ2v) is 3.51. The van der Waals surface area contributed by atoms with Crippen molar-refractivity contribution >= 4 is 0 Å². The zero-order chi connectivity index (χ0) is 9.90. The Kier molecular flexibility index (Phi) is 3.07. The number of hydrogen-bond donors (Lipinski definition) is 1. The Bertz CT molecular complexity index is 262. The van der Waals surface area contributed by atoms with Gasteiger partial charge in [0.2, 0.25) is 0 Å². The van der Waals surface area contributed by atoms with Gasteiger partial charge in [0.15, 0.2) is 0 Å². The summed E-state index contributed by atoms with van der Waals surface area (Å²) in [5.74, 6) is 0. The smallest absolute Gasteiger partial charge is 0.102 e. The van der Waals surface area contributed by atoms with Gasteiger partial charge in [0.05, 0.1) is 0 Å². The lowest BCUT2D eigenvalue weighted by Crippen LogP contribution is -2.33. The van der Waals surface area contributed by atoms with Crippen molar-refractivity contribution in [3.05, 3.63) is 35.4 Å². The van der Waals surface area contributed by atoms with E-state index in [-0.39, 0.29) is 5.60 Å². The first-order chi connectivity index (χ1) is 6.12. The van der Waals surface area contributed by atoms with Crippen molar-refractivity contribution in [2.75, 3.05) is 13.7 Å². The fourth-order valence-corrected chi connectivity index (χ4v) is 1.23. The quantitative estimate of drug-likeness (QED) is 0.768. The van der Waals surface area contributed by atoms with E-state index in [1.165, 1.54) is 5.56 Å². The van der Waals surface area contributed by atoms with Crippen molar-refractivity contribution in [3.8, 4) is 0 Å². The molecule has 2 heteroatoms. The summed E-state index contributed by atoms with van der Waals surface area (Å²) in [6.07, 6.45) is 0. The van der Waals surface area contributed by atoms with Crippen LogP contribution in [0.1, 0.15) is 18.1 Å². The zero-order valence-electron chi connectivity index (χ0n) is 8.50. The van der Waals surface area contributed by atoms with Gasteiger partial charge in [-0.05, 0) is 19.4 Å². The van der Waals surface area contributed by atoms with E-state index in [1.54, 1.807) is 7.11 Å². The molecule has 0 aliphatic rings. The molecule has 1 atom stereocenters. The van der Waals surface area contributed by atoms with E-state index < -0.39 is 0 Å². The molecule has 1 rings (SSSR count). The molecule has 0 radical (unpaired) electrons. The molecule has 0 aliphatic carbocycles. The molecule has 1 unspecified atom stereocenters. The second kappa shape index (κ2) is 3.90. The summed E-state index contributed by atoms with van der Waals surface area (Å²) in [4.78, 5) is 0. The van der Waals surface area contributed by atoms with Crippen molar-refractivity contribution in [1.29, 1.82) is 0 Å². The first kappa shape index (κ1) is 10.2. The zero-order valence-corrected chi connectivity index (χ0v) is 8.50. The number of ether oxygens (including phenoxy) is 1. The van der Waals surface area contributed by atoms with Gasteiger partial charge in [-0.15, -0.1) is 0 Å². The Morgan fingerprint density at radius 2 is 1.85 bits per heavy atom. The minimum atomic E-state index is -0.353. The maximum Gasteiger partial charge on any atom is 0.102 e. The molecule has 0 amide bonds. The van der Waals surface area contributed by atoms with Gasteiger partial charge < -0.3 is 10.5 Å². The molecular weight excluding hydrogens is 162 g/mol. The van der Waals surface area contributed by atoms with E-state index in [1.807, 2.05) is 6.92 Å². The van der Waals surface area contributed by atoms with Crippen LogP contribution in [0.15, 0.2) is 24.3 Å². The van der Waals surface area contributed by atoms with Gasteiger partial charge in [0.25, 0.3) is 0 Å². The molecule has 0 fully saturated rings. The maximum absolute atomic E-state index is 5.66. The van der Waals surface area contributed by atoms with Gasteiger partial charge in [-0.1, -0.05) is 29.8 Å². The van der Waals surface area contributed by atoms with Gasteiger partial charge in [-0.3, -0.25) is 0 Å². The molecule has 0 heterocycles. The Morgan fingerprint density at radius 1 is 1.31 bits per heavy atom. The first-order valence-corrected chi connectivity index (χ1v) is 4.45. The highest BCUT2D eigenvalue weighted by Crippen LogP contribution is 2.23. The average molecular weight is 179 g/mol. The van der Waals surface area contributed by atoms with Crippen LogP contribution in [0.25, 0.3) is 0 Å². The highest BCUT2D eigenvalue weighted by molar-refractivity contribution is 5.26. The summed E-state index contributed by atoms with van der Waals surface area (Å²) >= 11 is 0.